The molecule has 8 rings (SSSR count). The third kappa shape index (κ3) is 2.60. The van der Waals surface area contributed by atoms with Crippen molar-refractivity contribution in [3.63, 3.8) is 0 Å². The van der Waals surface area contributed by atoms with Gasteiger partial charge in [-0.25, -0.2) is 0 Å². The van der Waals surface area contributed by atoms with Gasteiger partial charge in [0.25, 0.3) is 0 Å². The summed E-state index contributed by atoms with van der Waals surface area (Å²) in [5, 5.41) is 5.90. The Morgan fingerprint density at radius 1 is 0.676 bits per heavy atom. The number of benzene rings is 5. The van der Waals surface area contributed by atoms with Gasteiger partial charge in [-0.2, -0.15) is 0 Å². The van der Waals surface area contributed by atoms with Crippen LogP contribution in [-0.4, -0.2) is 19.4 Å². The fourth-order valence-electron chi connectivity index (χ4n) is 7.54. The van der Waals surface area contributed by atoms with Gasteiger partial charge in [0.1, 0.15) is 8.07 Å². The van der Waals surface area contributed by atoms with E-state index in [1.54, 1.807) is 10.4 Å². The molecule has 0 fully saturated rings. The largest absolute Gasteiger partial charge is 0.310 e. The van der Waals surface area contributed by atoms with Crippen LogP contribution in [-0.2, 0) is 6.42 Å². The normalized spacial score (nSPS) is 14.6. The van der Waals surface area contributed by atoms with Crippen molar-refractivity contribution >= 4 is 63.4 Å². The van der Waals surface area contributed by atoms with Crippen LogP contribution in [0.2, 0.25) is 13.1 Å². The van der Waals surface area contributed by atoms with Gasteiger partial charge in [0.05, 0.1) is 5.52 Å². The third-order valence-electron chi connectivity index (χ3n) is 9.05. The molecule has 0 aliphatic carbocycles. The maximum absolute atomic E-state index is 2.58. The summed E-state index contributed by atoms with van der Waals surface area (Å²) in [6.45, 7) is 7.64. The first-order valence-electron chi connectivity index (χ1n) is 13.5. The summed E-state index contributed by atoms with van der Waals surface area (Å²) < 4.78 is 2.58. The van der Waals surface area contributed by atoms with E-state index in [0.29, 0.717) is 0 Å². The predicted molar refractivity (Wildman–Crippen MR) is 163 cm³/mol. The molecular formula is C34H28BNSi. The van der Waals surface area contributed by atoms with E-state index in [1.807, 2.05) is 0 Å². The summed E-state index contributed by atoms with van der Waals surface area (Å²) in [5.74, 6) is 0. The molecule has 1 aromatic heterocycles. The van der Waals surface area contributed by atoms with Crippen LogP contribution in [0.15, 0.2) is 103 Å². The van der Waals surface area contributed by atoms with Gasteiger partial charge in [0, 0.05) is 22.0 Å². The number of hydrogen-bond donors (Lipinski definition) is 0. The summed E-state index contributed by atoms with van der Waals surface area (Å²) in [6, 6.07) is 39.1. The topological polar surface area (TPSA) is 4.93 Å². The molecule has 0 amide bonds. The Hall–Kier alpha value is -3.82. The van der Waals surface area contributed by atoms with Crippen LogP contribution in [0, 0.1) is 0 Å². The van der Waals surface area contributed by atoms with Crippen molar-refractivity contribution in [2.75, 3.05) is 0 Å². The highest BCUT2D eigenvalue weighted by Gasteiger charge is 2.45. The van der Waals surface area contributed by atoms with Crippen molar-refractivity contribution in [2.45, 2.75) is 26.4 Å². The second kappa shape index (κ2) is 7.36. The lowest BCUT2D eigenvalue weighted by Gasteiger charge is -2.33. The molecule has 0 unspecified atom stereocenters. The minimum absolute atomic E-state index is 0.225. The van der Waals surface area contributed by atoms with Crippen molar-refractivity contribution in [3.8, 4) is 16.8 Å². The van der Waals surface area contributed by atoms with E-state index in [1.165, 1.54) is 60.6 Å². The summed E-state index contributed by atoms with van der Waals surface area (Å²) >= 11 is 0. The molecule has 3 heterocycles. The minimum Gasteiger partial charge on any atom is -0.310 e. The van der Waals surface area contributed by atoms with Crippen LogP contribution in [0.25, 0.3) is 38.6 Å². The molecule has 176 valence electrons. The maximum atomic E-state index is 2.58. The zero-order valence-electron chi connectivity index (χ0n) is 21.5. The molecule has 0 radical (unpaired) electrons. The van der Waals surface area contributed by atoms with Gasteiger partial charge < -0.3 is 4.57 Å². The molecule has 0 saturated carbocycles. The number of hydrogen-bond acceptors (Lipinski definition) is 0. The second-order valence-corrected chi connectivity index (χ2v) is 15.5. The molecule has 2 aliphatic rings. The van der Waals surface area contributed by atoms with Gasteiger partial charge in [-0.1, -0.05) is 122 Å². The molecule has 37 heavy (non-hydrogen) atoms. The fraction of sp³-hybridized carbons (Fsp3) is 0.118. The molecule has 3 heteroatoms. The highest BCUT2D eigenvalue weighted by molar-refractivity contribution is 7.10. The molecular weight excluding hydrogens is 461 g/mol. The van der Waals surface area contributed by atoms with Gasteiger partial charge in [0.15, 0.2) is 0 Å². The number of fused-ring (bicyclic) bond motifs is 9. The monoisotopic (exact) mass is 489 g/mol. The van der Waals surface area contributed by atoms with Gasteiger partial charge in [0.2, 0.25) is 6.71 Å². The third-order valence-corrected chi connectivity index (χ3v) is 12.6. The maximum Gasteiger partial charge on any atom is 0.246 e. The Labute approximate surface area is 219 Å². The highest BCUT2D eigenvalue weighted by atomic mass is 28.3. The van der Waals surface area contributed by atoms with E-state index < -0.39 is 8.07 Å². The zero-order chi connectivity index (χ0) is 24.9. The molecule has 0 bridgehead atoms. The lowest BCUT2D eigenvalue weighted by Crippen LogP contribution is -2.67. The molecule has 0 atom stereocenters. The Bertz CT molecular complexity index is 1910. The van der Waals surface area contributed by atoms with E-state index in [-0.39, 0.29) is 6.71 Å². The van der Waals surface area contributed by atoms with E-state index in [4.69, 9.17) is 0 Å². The summed E-state index contributed by atoms with van der Waals surface area (Å²) in [6.07, 6.45) is 1.04. The molecule has 0 saturated heterocycles. The van der Waals surface area contributed by atoms with E-state index in [9.17, 15) is 0 Å². The van der Waals surface area contributed by atoms with Crippen LogP contribution in [0.3, 0.4) is 0 Å². The summed E-state index contributed by atoms with van der Waals surface area (Å²) in [5.41, 5.74) is 12.8. The summed E-state index contributed by atoms with van der Waals surface area (Å²) in [7, 11) is -1.93. The Morgan fingerprint density at radius 2 is 1.41 bits per heavy atom. The SMILES string of the molecule is CCc1ccccc1B1c2c(ccc3c2[Si](C)(C)c2ccccc2-3)-n2c3ccccc3c3cccc1c32. The Morgan fingerprint density at radius 3 is 2.30 bits per heavy atom. The molecule has 1 nitrogen and oxygen atoms in total. The van der Waals surface area contributed by atoms with E-state index in [0.717, 1.165) is 6.42 Å². The summed E-state index contributed by atoms with van der Waals surface area (Å²) in [4.78, 5) is 0. The lowest BCUT2D eigenvalue weighted by atomic mass is 9.34. The second-order valence-electron chi connectivity index (χ2n) is 11.2. The van der Waals surface area contributed by atoms with Crippen molar-refractivity contribution < 1.29 is 0 Å². The van der Waals surface area contributed by atoms with E-state index in [2.05, 4.69) is 128 Å². The Balaban J connectivity index is 1.60. The fourth-order valence-corrected chi connectivity index (χ4v) is 11.0. The average molecular weight is 490 g/mol. The number of aromatic nitrogens is 1. The zero-order valence-corrected chi connectivity index (χ0v) is 22.5. The van der Waals surface area contributed by atoms with Crippen molar-refractivity contribution in [1.29, 1.82) is 0 Å². The minimum atomic E-state index is -1.93. The van der Waals surface area contributed by atoms with Gasteiger partial charge >= 0.3 is 0 Å². The van der Waals surface area contributed by atoms with Crippen LogP contribution >= 0.6 is 0 Å². The van der Waals surface area contributed by atoms with E-state index >= 15 is 0 Å². The number of rotatable bonds is 2. The van der Waals surface area contributed by atoms with Crippen LogP contribution in [0.4, 0.5) is 0 Å². The van der Waals surface area contributed by atoms with Crippen molar-refractivity contribution in [2.24, 2.45) is 0 Å². The number of nitrogens with zero attached hydrogens (tertiary/aromatic N) is 1. The lowest BCUT2D eigenvalue weighted by molar-refractivity contribution is 1.15. The van der Waals surface area contributed by atoms with Gasteiger partial charge in [-0.15, -0.1) is 0 Å². The number of para-hydroxylation sites is 2. The van der Waals surface area contributed by atoms with Crippen molar-refractivity contribution in [3.05, 3.63) is 109 Å². The average Bonchev–Trinajstić information content (AvgIpc) is 3.40. The number of aryl methyl sites for hydroxylation is 1. The smallest absolute Gasteiger partial charge is 0.246 e. The van der Waals surface area contributed by atoms with Gasteiger partial charge in [-0.3, -0.25) is 0 Å². The molecule has 6 aromatic rings. The highest BCUT2D eigenvalue weighted by Crippen LogP contribution is 2.35. The molecule has 5 aromatic carbocycles. The van der Waals surface area contributed by atoms with Crippen molar-refractivity contribution in [1.82, 2.24) is 4.57 Å². The van der Waals surface area contributed by atoms with Crippen LogP contribution in [0.1, 0.15) is 12.5 Å². The molecule has 2 aliphatic heterocycles. The standard InChI is InChI=1S/C34H28BNSi/c1-4-22-12-5-8-16-27(22)35-28-17-11-15-25-23-13-6-9-18-29(23)36(33(25)28)30-21-20-26-24-14-7-10-19-31(24)37(2,3)34(26)32(30)35/h5-21H,4H2,1-3H3. The van der Waals surface area contributed by atoms with Crippen LogP contribution in [0.5, 0.6) is 0 Å². The van der Waals surface area contributed by atoms with Crippen LogP contribution < -0.4 is 26.8 Å². The molecule has 0 N–H and O–H groups in total. The quantitative estimate of drug-likeness (QED) is 0.302. The molecule has 0 spiro atoms. The predicted octanol–water partition coefficient (Wildman–Crippen LogP) is 4.98. The Kier molecular flexibility index (Phi) is 4.24. The first kappa shape index (κ1) is 21.3. The first-order chi connectivity index (χ1) is 18.1. The first-order valence-corrected chi connectivity index (χ1v) is 16.5. The van der Waals surface area contributed by atoms with Gasteiger partial charge in [-0.05, 0) is 51.0 Å².